The summed E-state index contributed by atoms with van der Waals surface area (Å²) >= 11 is 0. The largest absolute Gasteiger partial charge is 0.433 e. The molecule has 6 nitrogen and oxygen atoms in total. The third kappa shape index (κ3) is 3.86. The molecule has 0 saturated carbocycles. The normalized spacial score (nSPS) is 11.0. The summed E-state index contributed by atoms with van der Waals surface area (Å²) in [5, 5.41) is 0. The first-order chi connectivity index (χ1) is 13.2. The van der Waals surface area contributed by atoms with E-state index in [0.717, 1.165) is 18.0 Å². The lowest BCUT2D eigenvalue weighted by molar-refractivity contribution is -0.141. The van der Waals surface area contributed by atoms with Crippen molar-refractivity contribution in [2.45, 2.75) is 20.0 Å². The van der Waals surface area contributed by atoms with E-state index in [1.165, 1.54) is 10.6 Å². The zero-order chi connectivity index (χ0) is 20.5. The maximum Gasteiger partial charge on any atom is 0.433 e. The van der Waals surface area contributed by atoms with Crippen LogP contribution in [-0.4, -0.2) is 25.4 Å². The average Bonchev–Trinajstić information content (AvgIpc) is 2.97. The number of pyridine rings is 2. The number of hydrogen-bond donors (Lipinski definition) is 1. The number of amides is 1. The molecule has 142 valence electrons. The fourth-order valence-electron chi connectivity index (χ4n) is 2.49. The van der Waals surface area contributed by atoms with Crippen LogP contribution in [0, 0.1) is 25.7 Å². The van der Waals surface area contributed by atoms with Gasteiger partial charge in [0.05, 0.1) is 17.6 Å². The average molecular weight is 385 g/mol. The summed E-state index contributed by atoms with van der Waals surface area (Å²) in [4.78, 5) is 23.4. The predicted molar refractivity (Wildman–Crippen MR) is 94.6 cm³/mol. The number of carbonyl (C=O) groups is 1. The van der Waals surface area contributed by atoms with Gasteiger partial charge in [0.25, 0.3) is 5.91 Å². The molecule has 3 aromatic rings. The smallest absolute Gasteiger partial charge is 0.363 e. The van der Waals surface area contributed by atoms with Gasteiger partial charge in [0.15, 0.2) is 0 Å². The summed E-state index contributed by atoms with van der Waals surface area (Å²) < 4.78 is 39.8. The van der Waals surface area contributed by atoms with E-state index in [2.05, 4.69) is 26.8 Å². The van der Waals surface area contributed by atoms with E-state index >= 15 is 0 Å². The van der Waals surface area contributed by atoms with Gasteiger partial charge in [-0.05, 0) is 44.0 Å². The van der Waals surface area contributed by atoms with E-state index in [-0.39, 0.29) is 17.1 Å². The van der Waals surface area contributed by atoms with E-state index < -0.39 is 17.8 Å². The summed E-state index contributed by atoms with van der Waals surface area (Å²) in [6.45, 7) is 3.50. The molecule has 9 heteroatoms. The predicted octanol–water partition coefficient (Wildman–Crippen LogP) is 2.80. The topological polar surface area (TPSA) is 86.7 Å². The van der Waals surface area contributed by atoms with Crippen molar-refractivity contribution in [3.8, 4) is 17.5 Å². The minimum atomic E-state index is -4.56. The van der Waals surface area contributed by atoms with Gasteiger partial charge >= 0.3 is 6.18 Å². The van der Waals surface area contributed by atoms with Gasteiger partial charge in [-0.3, -0.25) is 19.3 Å². The Labute approximate surface area is 158 Å². The molecular weight excluding hydrogens is 371 g/mol. The van der Waals surface area contributed by atoms with Gasteiger partial charge in [-0.15, -0.1) is 0 Å². The van der Waals surface area contributed by atoms with Crippen LogP contribution in [0.25, 0.3) is 5.69 Å². The van der Waals surface area contributed by atoms with Gasteiger partial charge in [-0.1, -0.05) is 5.92 Å². The molecule has 3 rings (SSSR count). The summed E-state index contributed by atoms with van der Waals surface area (Å²) in [6.07, 6.45) is -1.97. The third-order valence-corrected chi connectivity index (χ3v) is 3.86. The summed E-state index contributed by atoms with van der Waals surface area (Å²) in [6, 6.07) is 5.71. The van der Waals surface area contributed by atoms with Gasteiger partial charge in [-0.2, -0.15) is 13.2 Å². The van der Waals surface area contributed by atoms with Crippen LogP contribution in [0.1, 0.15) is 39.0 Å². The fraction of sp³-hybridized carbons (Fsp3) is 0.158. The highest BCUT2D eigenvalue weighted by atomic mass is 19.4. The van der Waals surface area contributed by atoms with Crippen molar-refractivity contribution in [1.29, 1.82) is 0 Å². The molecule has 2 N–H and O–H groups in total. The van der Waals surface area contributed by atoms with Crippen molar-refractivity contribution < 1.29 is 18.0 Å². The first-order valence-electron chi connectivity index (χ1n) is 8.04. The maximum atomic E-state index is 12.8. The van der Waals surface area contributed by atoms with Crippen molar-refractivity contribution in [3.05, 3.63) is 70.8 Å². The lowest BCUT2D eigenvalue weighted by Crippen LogP contribution is -2.18. The Morgan fingerprint density at radius 1 is 1.14 bits per heavy atom. The van der Waals surface area contributed by atoms with E-state index in [4.69, 9.17) is 5.73 Å². The molecule has 3 aromatic heterocycles. The number of halogens is 3. The number of primary amides is 1. The Kier molecular flexibility index (Phi) is 4.88. The number of aryl methyl sites for hydroxylation is 1. The maximum absolute atomic E-state index is 12.8. The van der Waals surface area contributed by atoms with Gasteiger partial charge in [0, 0.05) is 17.5 Å². The quantitative estimate of drug-likeness (QED) is 0.688. The summed E-state index contributed by atoms with van der Waals surface area (Å²) in [5.41, 5.74) is 6.59. The lowest BCUT2D eigenvalue weighted by Gasteiger charge is -2.07. The highest BCUT2D eigenvalue weighted by Crippen LogP contribution is 2.27. The van der Waals surface area contributed by atoms with Crippen LogP contribution in [0.2, 0.25) is 0 Å². The molecule has 0 aliphatic heterocycles. The SMILES string of the molecule is Cc1ccc(-n2c(C(N)=O)nc(C#Cc3ccnc(C(F)(F)F)c3)c2C)cn1. The van der Waals surface area contributed by atoms with Crippen LogP contribution in [0.3, 0.4) is 0 Å². The number of nitrogens with two attached hydrogens (primary N) is 1. The molecule has 0 aromatic carbocycles. The van der Waals surface area contributed by atoms with Crippen LogP contribution < -0.4 is 5.73 Å². The Bertz CT molecular complexity index is 1110. The molecule has 3 heterocycles. The molecular formula is C19H14F3N5O. The number of nitrogens with zero attached hydrogens (tertiary/aromatic N) is 4. The molecule has 0 spiro atoms. The van der Waals surface area contributed by atoms with Crippen LogP contribution in [0.4, 0.5) is 13.2 Å². The molecule has 0 saturated heterocycles. The van der Waals surface area contributed by atoms with Crippen LogP contribution >= 0.6 is 0 Å². The van der Waals surface area contributed by atoms with Crippen molar-refractivity contribution in [2.75, 3.05) is 0 Å². The number of rotatable bonds is 2. The zero-order valence-electron chi connectivity index (χ0n) is 14.9. The zero-order valence-corrected chi connectivity index (χ0v) is 14.9. The number of hydrogen-bond acceptors (Lipinski definition) is 4. The van der Waals surface area contributed by atoms with Gasteiger partial charge < -0.3 is 5.73 Å². The van der Waals surface area contributed by atoms with Crippen molar-refractivity contribution in [1.82, 2.24) is 19.5 Å². The van der Waals surface area contributed by atoms with E-state index in [0.29, 0.717) is 11.4 Å². The van der Waals surface area contributed by atoms with E-state index in [1.54, 1.807) is 25.3 Å². The standard InChI is InChI=1S/C19H14F3N5O/c1-11-3-5-14(10-25-11)27-12(2)15(26-18(27)17(23)28)6-4-13-7-8-24-16(9-13)19(20,21)22/h3,5,7-10H,1-2H3,(H2,23,28). The molecule has 0 aliphatic rings. The van der Waals surface area contributed by atoms with Crippen molar-refractivity contribution >= 4 is 5.91 Å². The second-order valence-electron chi connectivity index (χ2n) is 5.90. The summed E-state index contributed by atoms with van der Waals surface area (Å²) in [5.74, 6) is 4.51. The highest BCUT2D eigenvalue weighted by Gasteiger charge is 2.32. The van der Waals surface area contributed by atoms with Gasteiger partial charge in [0.2, 0.25) is 5.82 Å². The first-order valence-corrected chi connectivity index (χ1v) is 8.04. The fourth-order valence-corrected chi connectivity index (χ4v) is 2.49. The Hall–Kier alpha value is -3.67. The van der Waals surface area contributed by atoms with E-state index in [1.807, 2.05) is 6.92 Å². The highest BCUT2D eigenvalue weighted by molar-refractivity contribution is 5.90. The lowest BCUT2D eigenvalue weighted by atomic mass is 10.2. The molecule has 1 amide bonds. The molecule has 0 fully saturated rings. The molecule has 0 radical (unpaired) electrons. The Morgan fingerprint density at radius 2 is 1.89 bits per heavy atom. The molecule has 0 atom stereocenters. The molecule has 28 heavy (non-hydrogen) atoms. The number of alkyl halides is 3. The second-order valence-corrected chi connectivity index (χ2v) is 5.90. The molecule has 0 aliphatic carbocycles. The Balaban J connectivity index is 2.06. The van der Waals surface area contributed by atoms with Crippen LogP contribution in [0.15, 0.2) is 36.7 Å². The minimum absolute atomic E-state index is 0.0434. The van der Waals surface area contributed by atoms with Crippen LogP contribution in [0.5, 0.6) is 0 Å². The monoisotopic (exact) mass is 385 g/mol. The number of aromatic nitrogens is 4. The third-order valence-electron chi connectivity index (χ3n) is 3.86. The molecule has 0 unspecified atom stereocenters. The Morgan fingerprint density at radius 3 is 2.50 bits per heavy atom. The van der Waals surface area contributed by atoms with Gasteiger partial charge in [-0.25, -0.2) is 4.98 Å². The minimum Gasteiger partial charge on any atom is -0.363 e. The van der Waals surface area contributed by atoms with Gasteiger partial charge in [0.1, 0.15) is 11.4 Å². The van der Waals surface area contributed by atoms with E-state index in [9.17, 15) is 18.0 Å². The second kappa shape index (κ2) is 7.15. The van der Waals surface area contributed by atoms with Crippen LogP contribution in [-0.2, 0) is 6.18 Å². The summed E-state index contributed by atoms with van der Waals surface area (Å²) in [7, 11) is 0. The number of carbonyl (C=O) groups excluding carboxylic acids is 1. The van der Waals surface area contributed by atoms with Crippen molar-refractivity contribution in [2.24, 2.45) is 5.73 Å². The first kappa shape index (κ1) is 19.1. The van der Waals surface area contributed by atoms with Crippen molar-refractivity contribution in [3.63, 3.8) is 0 Å². The number of imidazole rings is 1. The molecule has 0 bridgehead atoms.